The molecule has 0 spiro atoms. The number of hydrogen-bond acceptors (Lipinski definition) is 7. The van der Waals surface area contributed by atoms with Crippen LogP contribution in [0.4, 0.5) is 0 Å². The quantitative estimate of drug-likeness (QED) is 0.234. The lowest BCUT2D eigenvalue weighted by Crippen LogP contribution is -2.42. The fourth-order valence-corrected chi connectivity index (χ4v) is 1.44. The van der Waals surface area contributed by atoms with Crippen LogP contribution in [0.15, 0.2) is 0 Å². The van der Waals surface area contributed by atoms with Gasteiger partial charge in [0.25, 0.3) is 0 Å². The largest absolute Gasteiger partial charge is 0.394 e. The van der Waals surface area contributed by atoms with Crippen molar-refractivity contribution < 1.29 is 34.9 Å². The number of ether oxygens (including phenoxy) is 2. The highest BCUT2D eigenvalue weighted by Gasteiger charge is 2.40. The van der Waals surface area contributed by atoms with Crippen molar-refractivity contribution in [2.24, 2.45) is 0 Å². The summed E-state index contributed by atoms with van der Waals surface area (Å²) in [5, 5.41) is 35.7. The highest BCUT2D eigenvalue weighted by atomic mass is 17.1. The average Bonchev–Trinajstić information content (AvgIpc) is 2.56. The molecule has 1 saturated heterocycles. The van der Waals surface area contributed by atoms with Crippen molar-refractivity contribution in [2.45, 2.75) is 24.4 Å². The van der Waals surface area contributed by atoms with Gasteiger partial charge in [0.05, 0.1) is 19.8 Å². The number of rotatable bonds is 6. The highest BCUT2D eigenvalue weighted by Crippen LogP contribution is 2.19. The molecule has 4 N–H and O–H groups in total. The van der Waals surface area contributed by atoms with E-state index in [1.807, 2.05) is 0 Å². The van der Waals surface area contributed by atoms with Gasteiger partial charge in [-0.15, -0.1) is 0 Å². The molecule has 0 aliphatic carbocycles. The molecule has 1 aliphatic rings. The Kier molecular flexibility index (Phi) is 5.40. The predicted octanol–water partition coefficient (Wildman–Crippen LogP) is -2.03. The summed E-state index contributed by atoms with van der Waals surface area (Å²) in [6.45, 7) is -0.311. The third-order valence-electron chi connectivity index (χ3n) is 2.24. The molecule has 0 amide bonds. The second-order valence-electron chi connectivity index (χ2n) is 3.28. The van der Waals surface area contributed by atoms with Crippen molar-refractivity contribution in [1.29, 1.82) is 0 Å². The van der Waals surface area contributed by atoms with Crippen LogP contribution in [0.1, 0.15) is 0 Å². The van der Waals surface area contributed by atoms with Gasteiger partial charge in [-0.2, -0.15) is 0 Å². The van der Waals surface area contributed by atoms with Gasteiger partial charge in [-0.3, -0.25) is 5.26 Å². The van der Waals surface area contributed by atoms with E-state index in [2.05, 4.69) is 4.89 Å². The highest BCUT2D eigenvalue weighted by molar-refractivity contribution is 4.88. The molecule has 1 heterocycles. The molecule has 0 aromatic heterocycles. The molecular weight excluding hydrogens is 208 g/mol. The molecule has 0 aromatic carbocycles. The van der Waals surface area contributed by atoms with Crippen LogP contribution in [0.3, 0.4) is 0 Å². The lowest BCUT2D eigenvalue weighted by atomic mass is 10.1. The van der Waals surface area contributed by atoms with Gasteiger partial charge >= 0.3 is 0 Å². The van der Waals surface area contributed by atoms with E-state index >= 15 is 0 Å². The smallest absolute Gasteiger partial charge is 0.114 e. The molecule has 0 radical (unpaired) electrons. The Morgan fingerprint density at radius 1 is 1.33 bits per heavy atom. The zero-order valence-electron chi connectivity index (χ0n) is 8.15. The summed E-state index contributed by atoms with van der Waals surface area (Å²) in [7, 11) is 0. The molecule has 1 fully saturated rings. The average molecular weight is 224 g/mol. The fraction of sp³-hybridized carbons (Fsp3) is 1.00. The van der Waals surface area contributed by atoms with Crippen LogP contribution >= 0.6 is 0 Å². The molecule has 1 aliphatic heterocycles. The van der Waals surface area contributed by atoms with Gasteiger partial charge in [-0.1, -0.05) is 0 Å². The Balaban J connectivity index is 2.37. The normalized spacial score (nSPS) is 33.2. The SMILES string of the molecule is OC[C@@H](OCCOO)[C@H]1OC[C@H](O)[C@H]1O. The monoisotopic (exact) mass is 224 g/mol. The van der Waals surface area contributed by atoms with Crippen molar-refractivity contribution in [1.82, 2.24) is 0 Å². The van der Waals surface area contributed by atoms with Gasteiger partial charge in [0.1, 0.15) is 31.0 Å². The van der Waals surface area contributed by atoms with Crippen LogP contribution in [-0.2, 0) is 14.4 Å². The summed E-state index contributed by atoms with van der Waals surface area (Å²) in [6.07, 6.45) is -3.53. The van der Waals surface area contributed by atoms with Gasteiger partial charge in [-0.25, -0.2) is 4.89 Å². The van der Waals surface area contributed by atoms with Crippen molar-refractivity contribution in [3.63, 3.8) is 0 Å². The standard InChI is InChI=1S/C8H16O7/c9-3-6(13-1-2-15-12)8-7(11)5(10)4-14-8/h5-12H,1-4H2/t5-,6+,7+,8+/m0/s1. The minimum absolute atomic E-state index is 0.0161. The summed E-state index contributed by atoms with van der Waals surface area (Å²) in [5.74, 6) is 0. The minimum atomic E-state index is -1.07. The molecule has 90 valence electrons. The third kappa shape index (κ3) is 3.35. The second-order valence-corrected chi connectivity index (χ2v) is 3.28. The van der Waals surface area contributed by atoms with E-state index in [9.17, 15) is 10.2 Å². The molecule has 0 aromatic rings. The summed E-state index contributed by atoms with van der Waals surface area (Å²) >= 11 is 0. The topological polar surface area (TPSA) is 109 Å². The number of hydrogen-bond donors (Lipinski definition) is 4. The molecule has 4 atom stereocenters. The Bertz CT molecular complexity index is 176. The van der Waals surface area contributed by atoms with Gasteiger partial charge in [-0.05, 0) is 0 Å². The molecule has 0 unspecified atom stereocenters. The Morgan fingerprint density at radius 3 is 2.53 bits per heavy atom. The Labute approximate surface area is 86.7 Å². The van der Waals surface area contributed by atoms with E-state index in [0.717, 1.165) is 0 Å². The van der Waals surface area contributed by atoms with Crippen LogP contribution < -0.4 is 0 Å². The Morgan fingerprint density at radius 2 is 2.07 bits per heavy atom. The van der Waals surface area contributed by atoms with Crippen molar-refractivity contribution in [2.75, 3.05) is 26.4 Å². The summed E-state index contributed by atoms with van der Waals surface area (Å²) in [4.78, 5) is 3.79. The fourth-order valence-electron chi connectivity index (χ4n) is 1.44. The first-order valence-electron chi connectivity index (χ1n) is 4.67. The first-order chi connectivity index (χ1) is 7.20. The van der Waals surface area contributed by atoms with Gasteiger partial charge in [0.15, 0.2) is 0 Å². The van der Waals surface area contributed by atoms with Crippen LogP contribution in [0.25, 0.3) is 0 Å². The maximum Gasteiger partial charge on any atom is 0.114 e. The van der Waals surface area contributed by atoms with Crippen LogP contribution in [0.2, 0.25) is 0 Å². The van der Waals surface area contributed by atoms with E-state index in [1.165, 1.54) is 0 Å². The molecular formula is C8H16O7. The van der Waals surface area contributed by atoms with E-state index in [1.54, 1.807) is 0 Å². The zero-order valence-corrected chi connectivity index (χ0v) is 8.15. The van der Waals surface area contributed by atoms with Gasteiger partial charge in [0, 0.05) is 0 Å². The van der Waals surface area contributed by atoms with E-state index in [0.29, 0.717) is 0 Å². The molecule has 1 rings (SSSR count). The number of aliphatic hydroxyl groups is 3. The van der Waals surface area contributed by atoms with Crippen molar-refractivity contribution in [3.05, 3.63) is 0 Å². The molecule has 0 saturated carbocycles. The van der Waals surface area contributed by atoms with E-state index in [-0.39, 0.29) is 26.4 Å². The maximum atomic E-state index is 9.47. The van der Waals surface area contributed by atoms with Crippen molar-refractivity contribution >= 4 is 0 Å². The minimum Gasteiger partial charge on any atom is -0.394 e. The summed E-state index contributed by atoms with van der Waals surface area (Å²) in [6, 6.07) is 0. The van der Waals surface area contributed by atoms with E-state index < -0.39 is 24.4 Å². The lowest BCUT2D eigenvalue weighted by molar-refractivity contribution is -0.253. The first-order valence-corrected chi connectivity index (χ1v) is 4.67. The van der Waals surface area contributed by atoms with Gasteiger partial charge < -0.3 is 24.8 Å². The maximum absolute atomic E-state index is 9.47. The summed E-state index contributed by atoms with van der Waals surface area (Å²) < 4.78 is 10.2. The molecule has 15 heavy (non-hydrogen) atoms. The number of aliphatic hydroxyl groups excluding tert-OH is 3. The van der Waals surface area contributed by atoms with Crippen LogP contribution in [0.5, 0.6) is 0 Å². The zero-order chi connectivity index (χ0) is 11.3. The molecule has 7 nitrogen and oxygen atoms in total. The van der Waals surface area contributed by atoms with Crippen LogP contribution in [-0.4, -0.2) is 71.4 Å². The summed E-state index contributed by atoms with van der Waals surface area (Å²) in [5.41, 5.74) is 0. The first kappa shape index (κ1) is 12.8. The Hall–Kier alpha value is -0.280. The molecule has 7 heteroatoms. The lowest BCUT2D eigenvalue weighted by Gasteiger charge is -2.23. The third-order valence-corrected chi connectivity index (χ3v) is 2.24. The van der Waals surface area contributed by atoms with Gasteiger partial charge in [0.2, 0.25) is 0 Å². The van der Waals surface area contributed by atoms with E-state index in [4.69, 9.17) is 19.8 Å². The molecule has 0 bridgehead atoms. The predicted molar refractivity (Wildman–Crippen MR) is 47.2 cm³/mol. The second kappa shape index (κ2) is 6.33. The van der Waals surface area contributed by atoms with Crippen molar-refractivity contribution in [3.8, 4) is 0 Å². The van der Waals surface area contributed by atoms with Crippen LogP contribution in [0, 0.1) is 0 Å².